The van der Waals surface area contributed by atoms with Gasteiger partial charge >= 0.3 is 0 Å². The second kappa shape index (κ2) is 3.50. The number of aromatic nitrogens is 2. The van der Waals surface area contributed by atoms with Crippen molar-refractivity contribution in [3.63, 3.8) is 0 Å². The Morgan fingerprint density at radius 3 is 3.08 bits per heavy atom. The molecule has 0 saturated carbocycles. The van der Waals surface area contributed by atoms with E-state index >= 15 is 0 Å². The largest absolute Gasteiger partial charge is 0.316 e. The minimum Gasteiger partial charge on any atom is -0.316 e. The van der Waals surface area contributed by atoms with Gasteiger partial charge in [-0.1, -0.05) is 6.92 Å². The van der Waals surface area contributed by atoms with Crippen molar-refractivity contribution in [3.05, 3.63) is 18.0 Å². The molecule has 2 rings (SSSR count). The number of hydrogen-bond acceptors (Lipinski definition) is 2. The fraction of sp³-hybridized carbons (Fsp3) is 0.700. The van der Waals surface area contributed by atoms with Crippen molar-refractivity contribution in [2.45, 2.75) is 19.3 Å². The maximum Gasteiger partial charge on any atom is 0.0525 e. The Hall–Kier alpha value is -0.830. The van der Waals surface area contributed by atoms with Crippen LogP contribution < -0.4 is 5.32 Å². The quantitative estimate of drug-likeness (QED) is 0.700. The summed E-state index contributed by atoms with van der Waals surface area (Å²) in [5.74, 6) is 1.44. The van der Waals surface area contributed by atoms with Crippen molar-refractivity contribution in [2.24, 2.45) is 13.0 Å². The first-order valence-corrected chi connectivity index (χ1v) is 4.96. The van der Waals surface area contributed by atoms with E-state index in [1.807, 2.05) is 17.9 Å². The Balaban J connectivity index is 2.14. The summed E-state index contributed by atoms with van der Waals surface area (Å²) in [5.41, 5.74) is 1.38. The lowest BCUT2D eigenvalue weighted by atomic mass is 9.84. The van der Waals surface area contributed by atoms with Gasteiger partial charge in [-0.3, -0.25) is 4.68 Å². The number of aryl methyl sites for hydroxylation is 1. The van der Waals surface area contributed by atoms with E-state index in [0.717, 1.165) is 19.0 Å². The second-order valence-corrected chi connectivity index (χ2v) is 4.02. The number of hydrogen-bond donors (Lipinski definition) is 1. The van der Waals surface area contributed by atoms with Gasteiger partial charge in [-0.2, -0.15) is 5.10 Å². The number of nitrogens with one attached hydrogen (secondary N) is 1. The molecule has 2 heterocycles. The fourth-order valence-corrected chi connectivity index (χ4v) is 2.07. The maximum atomic E-state index is 4.22. The Morgan fingerprint density at radius 1 is 1.62 bits per heavy atom. The van der Waals surface area contributed by atoms with Gasteiger partial charge in [-0.25, -0.2) is 0 Å². The smallest absolute Gasteiger partial charge is 0.0525 e. The summed E-state index contributed by atoms with van der Waals surface area (Å²) in [7, 11) is 1.98. The molecule has 0 aromatic carbocycles. The third kappa shape index (κ3) is 1.75. The van der Waals surface area contributed by atoms with Crippen molar-refractivity contribution in [1.82, 2.24) is 15.1 Å². The topological polar surface area (TPSA) is 29.9 Å². The lowest BCUT2D eigenvalue weighted by molar-refractivity contribution is 0.348. The molecular weight excluding hydrogens is 162 g/mol. The molecule has 2 unspecified atom stereocenters. The van der Waals surface area contributed by atoms with E-state index in [1.165, 1.54) is 12.0 Å². The van der Waals surface area contributed by atoms with Crippen LogP contribution in [0.4, 0.5) is 0 Å². The molecule has 3 nitrogen and oxygen atoms in total. The van der Waals surface area contributed by atoms with Crippen LogP contribution in [0.3, 0.4) is 0 Å². The SMILES string of the molecule is CC1CCNCC1c1cnn(C)c1. The highest BCUT2D eigenvalue weighted by atomic mass is 15.2. The van der Waals surface area contributed by atoms with E-state index in [9.17, 15) is 0 Å². The zero-order chi connectivity index (χ0) is 9.26. The molecule has 1 aromatic rings. The van der Waals surface area contributed by atoms with Gasteiger partial charge in [0.15, 0.2) is 0 Å². The predicted molar refractivity (Wildman–Crippen MR) is 52.6 cm³/mol. The Bertz CT molecular complexity index is 279. The molecule has 2 atom stereocenters. The van der Waals surface area contributed by atoms with Crippen LogP contribution in [-0.4, -0.2) is 22.9 Å². The van der Waals surface area contributed by atoms with Crippen molar-refractivity contribution in [3.8, 4) is 0 Å². The highest BCUT2D eigenvalue weighted by Gasteiger charge is 2.23. The summed E-state index contributed by atoms with van der Waals surface area (Å²) >= 11 is 0. The molecule has 3 heteroatoms. The number of rotatable bonds is 1. The van der Waals surface area contributed by atoms with Crippen molar-refractivity contribution >= 4 is 0 Å². The van der Waals surface area contributed by atoms with Gasteiger partial charge in [0, 0.05) is 25.7 Å². The summed E-state index contributed by atoms with van der Waals surface area (Å²) in [5, 5.41) is 7.65. The molecule has 1 aliphatic rings. The van der Waals surface area contributed by atoms with E-state index in [0.29, 0.717) is 5.92 Å². The minimum atomic E-state index is 0.655. The van der Waals surface area contributed by atoms with Crippen molar-refractivity contribution in [2.75, 3.05) is 13.1 Å². The number of piperidine rings is 1. The molecule has 1 fully saturated rings. The normalized spacial score (nSPS) is 29.1. The minimum absolute atomic E-state index is 0.655. The molecule has 0 bridgehead atoms. The summed E-state index contributed by atoms with van der Waals surface area (Å²) < 4.78 is 1.89. The average molecular weight is 179 g/mol. The molecule has 1 aromatic heterocycles. The van der Waals surface area contributed by atoms with E-state index in [4.69, 9.17) is 0 Å². The summed E-state index contributed by atoms with van der Waals surface area (Å²) in [6.07, 6.45) is 5.40. The standard InChI is InChI=1S/C10H17N3/c1-8-3-4-11-6-10(8)9-5-12-13(2)7-9/h5,7-8,10-11H,3-4,6H2,1-2H3. The number of nitrogens with zero attached hydrogens (tertiary/aromatic N) is 2. The van der Waals surface area contributed by atoms with Gasteiger partial charge in [0.05, 0.1) is 6.20 Å². The highest BCUT2D eigenvalue weighted by molar-refractivity contribution is 5.13. The fourth-order valence-electron chi connectivity index (χ4n) is 2.07. The van der Waals surface area contributed by atoms with Crippen LogP contribution in [0.1, 0.15) is 24.8 Å². The van der Waals surface area contributed by atoms with E-state index < -0.39 is 0 Å². The second-order valence-electron chi connectivity index (χ2n) is 4.02. The zero-order valence-corrected chi connectivity index (χ0v) is 8.33. The third-order valence-electron chi connectivity index (χ3n) is 2.98. The molecule has 0 radical (unpaired) electrons. The molecule has 0 aliphatic carbocycles. The van der Waals surface area contributed by atoms with Gasteiger partial charge < -0.3 is 5.32 Å². The molecule has 1 saturated heterocycles. The van der Waals surface area contributed by atoms with Gasteiger partial charge in [0.25, 0.3) is 0 Å². The average Bonchev–Trinajstić information content (AvgIpc) is 2.53. The summed E-state index contributed by atoms with van der Waals surface area (Å²) in [6.45, 7) is 4.60. The zero-order valence-electron chi connectivity index (χ0n) is 8.33. The summed E-state index contributed by atoms with van der Waals surface area (Å²) in [6, 6.07) is 0. The van der Waals surface area contributed by atoms with Gasteiger partial charge in [-0.05, 0) is 24.4 Å². The third-order valence-corrected chi connectivity index (χ3v) is 2.98. The first-order valence-electron chi connectivity index (χ1n) is 4.96. The van der Waals surface area contributed by atoms with Crippen LogP contribution >= 0.6 is 0 Å². The molecular formula is C10H17N3. The first-order chi connectivity index (χ1) is 6.27. The van der Waals surface area contributed by atoms with E-state index in [1.54, 1.807) is 0 Å². The van der Waals surface area contributed by atoms with Gasteiger partial charge in [0.2, 0.25) is 0 Å². The molecule has 13 heavy (non-hydrogen) atoms. The van der Waals surface area contributed by atoms with Crippen molar-refractivity contribution < 1.29 is 0 Å². The van der Waals surface area contributed by atoms with Crippen LogP contribution in [0.15, 0.2) is 12.4 Å². The van der Waals surface area contributed by atoms with Gasteiger partial charge in [-0.15, -0.1) is 0 Å². The lowest BCUT2D eigenvalue weighted by Gasteiger charge is -2.28. The van der Waals surface area contributed by atoms with Crippen LogP contribution in [0.2, 0.25) is 0 Å². The van der Waals surface area contributed by atoms with Crippen molar-refractivity contribution in [1.29, 1.82) is 0 Å². The Kier molecular flexibility index (Phi) is 2.36. The van der Waals surface area contributed by atoms with Crippen LogP contribution in [-0.2, 0) is 7.05 Å². The molecule has 1 aliphatic heterocycles. The Labute approximate surface area is 79.1 Å². The maximum absolute atomic E-state index is 4.22. The van der Waals surface area contributed by atoms with Gasteiger partial charge in [0.1, 0.15) is 0 Å². The van der Waals surface area contributed by atoms with E-state index in [-0.39, 0.29) is 0 Å². The molecule has 0 amide bonds. The molecule has 72 valence electrons. The van der Waals surface area contributed by atoms with Crippen LogP contribution in [0.5, 0.6) is 0 Å². The predicted octanol–water partition coefficient (Wildman–Crippen LogP) is 1.13. The monoisotopic (exact) mass is 179 g/mol. The van der Waals surface area contributed by atoms with Crippen LogP contribution in [0.25, 0.3) is 0 Å². The first kappa shape index (κ1) is 8.75. The van der Waals surface area contributed by atoms with E-state index in [2.05, 4.69) is 23.5 Å². The molecule has 0 spiro atoms. The Morgan fingerprint density at radius 2 is 2.46 bits per heavy atom. The highest BCUT2D eigenvalue weighted by Crippen LogP contribution is 2.28. The molecule has 1 N–H and O–H groups in total. The summed E-state index contributed by atoms with van der Waals surface area (Å²) in [4.78, 5) is 0. The lowest BCUT2D eigenvalue weighted by Crippen LogP contribution is -2.33. The van der Waals surface area contributed by atoms with Crippen LogP contribution in [0, 0.1) is 5.92 Å².